The first-order chi connectivity index (χ1) is 13.6. The maximum absolute atomic E-state index is 11.4. The van der Waals surface area contributed by atoms with Crippen LogP contribution in [0.4, 0.5) is 11.4 Å². The van der Waals surface area contributed by atoms with E-state index in [1.165, 1.54) is 10.8 Å². The van der Waals surface area contributed by atoms with Crippen LogP contribution in [0.5, 0.6) is 0 Å². The molecule has 1 heterocycles. The fraction of sp³-hybridized carbons (Fsp3) is 0.217. The third-order valence-electron chi connectivity index (χ3n) is 5.24. The van der Waals surface area contributed by atoms with E-state index in [0.717, 1.165) is 48.2 Å². The summed E-state index contributed by atoms with van der Waals surface area (Å²) in [5.41, 5.74) is 2.95. The molecular weight excluding hydrogens is 366 g/mol. The number of anilines is 2. The molecule has 0 radical (unpaired) electrons. The van der Waals surface area contributed by atoms with Crippen LogP contribution in [0.1, 0.15) is 17.3 Å². The first-order valence-electron chi connectivity index (χ1n) is 9.51. The smallest absolute Gasteiger partial charge is 0.173 e. The van der Waals surface area contributed by atoms with Crippen molar-refractivity contribution in [3.05, 3.63) is 72.3 Å². The normalized spacial score (nSPS) is 14.2. The van der Waals surface area contributed by atoms with Gasteiger partial charge in [-0.25, -0.2) is 0 Å². The first kappa shape index (κ1) is 18.4. The van der Waals surface area contributed by atoms with Crippen LogP contribution >= 0.6 is 12.2 Å². The van der Waals surface area contributed by atoms with Gasteiger partial charge < -0.3 is 15.1 Å². The molecule has 1 aliphatic heterocycles. The largest absolute Gasteiger partial charge is 0.368 e. The zero-order valence-electron chi connectivity index (χ0n) is 15.9. The number of piperazine rings is 1. The number of carbonyl (C=O) groups excluding carboxylic acids is 1. The number of nitrogens with zero attached hydrogens (tertiary/aromatic N) is 2. The van der Waals surface area contributed by atoms with Gasteiger partial charge in [0, 0.05) is 48.5 Å². The molecular formula is C23H23N3OS. The Bertz CT molecular complexity index is 1000. The maximum atomic E-state index is 11.4. The van der Waals surface area contributed by atoms with Gasteiger partial charge in [0.05, 0.1) is 0 Å². The van der Waals surface area contributed by atoms with Gasteiger partial charge in [-0.2, -0.15) is 0 Å². The molecule has 1 saturated heterocycles. The van der Waals surface area contributed by atoms with Crippen LogP contribution in [-0.2, 0) is 0 Å². The van der Waals surface area contributed by atoms with Crippen molar-refractivity contribution in [1.29, 1.82) is 0 Å². The molecule has 0 spiro atoms. The predicted molar refractivity (Wildman–Crippen MR) is 120 cm³/mol. The Morgan fingerprint density at radius 1 is 0.893 bits per heavy atom. The van der Waals surface area contributed by atoms with Crippen molar-refractivity contribution in [3.63, 3.8) is 0 Å². The highest BCUT2D eigenvalue weighted by molar-refractivity contribution is 7.80. The second-order valence-electron chi connectivity index (χ2n) is 7.03. The molecule has 3 aromatic rings. The van der Waals surface area contributed by atoms with Gasteiger partial charge in [0.25, 0.3) is 0 Å². The Morgan fingerprint density at radius 2 is 1.57 bits per heavy atom. The number of hydrogen-bond acceptors (Lipinski definition) is 3. The van der Waals surface area contributed by atoms with E-state index in [-0.39, 0.29) is 5.78 Å². The molecule has 28 heavy (non-hydrogen) atoms. The zero-order chi connectivity index (χ0) is 19.5. The molecule has 0 atom stereocenters. The lowest BCUT2D eigenvalue weighted by Crippen LogP contribution is -2.50. The van der Waals surface area contributed by atoms with Crippen LogP contribution in [0, 0.1) is 0 Å². The van der Waals surface area contributed by atoms with Crippen molar-refractivity contribution in [3.8, 4) is 0 Å². The van der Waals surface area contributed by atoms with Crippen LogP contribution in [0.3, 0.4) is 0 Å². The number of fused-ring (bicyclic) bond motifs is 1. The highest BCUT2D eigenvalue weighted by Crippen LogP contribution is 2.24. The van der Waals surface area contributed by atoms with Crippen molar-refractivity contribution in [2.24, 2.45) is 0 Å². The molecule has 4 nitrogen and oxygen atoms in total. The Morgan fingerprint density at radius 3 is 2.29 bits per heavy atom. The van der Waals surface area contributed by atoms with Crippen molar-refractivity contribution in [1.82, 2.24) is 4.90 Å². The number of Topliss-reactive ketones (excluding diaryl/α,β-unsaturated/α-hetero) is 1. The number of ketones is 1. The third kappa shape index (κ3) is 3.85. The zero-order valence-corrected chi connectivity index (χ0v) is 16.7. The van der Waals surface area contributed by atoms with E-state index >= 15 is 0 Å². The molecule has 0 aromatic heterocycles. The summed E-state index contributed by atoms with van der Waals surface area (Å²) in [5.74, 6) is 0.0984. The highest BCUT2D eigenvalue weighted by Gasteiger charge is 2.19. The molecule has 142 valence electrons. The molecule has 0 unspecified atom stereocenters. The van der Waals surface area contributed by atoms with Crippen LogP contribution in [-0.4, -0.2) is 42.0 Å². The monoisotopic (exact) mass is 389 g/mol. The first-order valence-corrected chi connectivity index (χ1v) is 9.92. The summed E-state index contributed by atoms with van der Waals surface area (Å²) in [4.78, 5) is 16.0. The molecule has 0 aliphatic carbocycles. The summed E-state index contributed by atoms with van der Waals surface area (Å²) in [6, 6.07) is 22.4. The van der Waals surface area contributed by atoms with E-state index in [9.17, 15) is 4.79 Å². The van der Waals surface area contributed by atoms with E-state index in [0.29, 0.717) is 0 Å². The lowest BCUT2D eigenvalue weighted by molar-refractivity contribution is 0.101. The molecule has 4 rings (SSSR count). The quantitative estimate of drug-likeness (QED) is 0.525. The second-order valence-corrected chi connectivity index (χ2v) is 7.42. The van der Waals surface area contributed by atoms with Gasteiger partial charge in [-0.3, -0.25) is 4.79 Å². The minimum Gasteiger partial charge on any atom is -0.368 e. The van der Waals surface area contributed by atoms with Gasteiger partial charge in [0.15, 0.2) is 10.9 Å². The molecule has 1 N–H and O–H groups in total. The van der Waals surface area contributed by atoms with Crippen LogP contribution in [0.2, 0.25) is 0 Å². The van der Waals surface area contributed by atoms with Crippen molar-refractivity contribution >= 4 is 45.3 Å². The van der Waals surface area contributed by atoms with Crippen molar-refractivity contribution < 1.29 is 4.79 Å². The molecule has 3 aromatic carbocycles. The summed E-state index contributed by atoms with van der Waals surface area (Å²) in [7, 11) is 0. The minimum atomic E-state index is 0.0984. The van der Waals surface area contributed by atoms with E-state index < -0.39 is 0 Å². The molecule has 1 aliphatic rings. The summed E-state index contributed by atoms with van der Waals surface area (Å²) < 4.78 is 0. The highest BCUT2D eigenvalue weighted by atomic mass is 32.1. The summed E-state index contributed by atoms with van der Waals surface area (Å²) in [6.07, 6.45) is 0. The number of thiocarbonyl (C=S) groups is 1. The topological polar surface area (TPSA) is 35.6 Å². The standard InChI is InChI=1S/C23H23N3OS/c1-17(27)18-9-11-20(12-10-18)25-13-15-26(16-14-25)23(28)24-22-8-4-6-19-5-2-3-7-21(19)22/h2-12H,13-16H2,1H3,(H,24,28). The van der Waals surface area contributed by atoms with E-state index in [1.807, 2.05) is 36.4 Å². The molecule has 5 heteroatoms. The van der Waals surface area contributed by atoms with Gasteiger partial charge in [-0.05, 0) is 54.9 Å². The summed E-state index contributed by atoms with van der Waals surface area (Å²) >= 11 is 5.68. The van der Waals surface area contributed by atoms with E-state index in [4.69, 9.17) is 12.2 Å². The number of carbonyl (C=O) groups is 1. The number of nitrogens with one attached hydrogen (secondary N) is 1. The third-order valence-corrected chi connectivity index (χ3v) is 5.60. The molecule has 0 amide bonds. The molecule has 0 bridgehead atoms. The van der Waals surface area contributed by atoms with Crippen LogP contribution in [0.25, 0.3) is 10.8 Å². The predicted octanol–water partition coefficient (Wildman–Crippen LogP) is 4.56. The number of hydrogen-bond donors (Lipinski definition) is 1. The lowest BCUT2D eigenvalue weighted by atomic mass is 10.1. The SMILES string of the molecule is CC(=O)c1ccc(N2CCN(C(=S)Nc3cccc4ccccc34)CC2)cc1. The van der Waals surface area contributed by atoms with Crippen LogP contribution in [0.15, 0.2) is 66.7 Å². The fourth-order valence-electron chi connectivity index (χ4n) is 3.60. The second kappa shape index (κ2) is 7.98. The van der Waals surface area contributed by atoms with E-state index in [2.05, 4.69) is 45.4 Å². The average molecular weight is 390 g/mol. The van der Waals surface area contributed by atoms with Crippen molar-refractivity contribution in [2.45, 2.75) is 6.92 Å². The summed E-state index contributed by atoms with van der Waals surface area (Å²) in [5, 5.41) is 6.58. The maximum Gasteiger partial charge on any atom is 0.173 e. The van der Waals surface area contributed by atoms with Gasteiger partial charge in [0.1, 0.15) is 0 Å². The van der Waals surface area contributed by atoms with Gasteiger partial charge >= 0.3 is 0 Å². The fourth-order valence-corrected chi connectivity index (χ4v) is 3.90. The van der Waals surface area contributed by atoms with Gasteiger partial charge in [0.2, 0.25) is 0 Å². The van der Waals surface area contributed by atoms with Crippen LogP contribution < -0.4 is 10.2 Å². The average Bonchev–Trinajstić information content (AvgIpc) is 2.74. The Kier molecular flexibility index (Phi) is 5.26. The Hall–Kier alpha value is -2.92. The number of rotatable bonds is 3. The number of benzene rings is 3. The van der Waals surface area contributed by atoms with Gasteiger partial charge in [-0.15, -0.1) is 0 Å². The molecule has 1 fully saturated rings. The lowest BCUT2D eigenvalue weighted by Gasteiger charge is -2.37. The van der Waals surface area contributed by atoms with Crippen molar-refractivity contribution in [2.75, 3.05) is 36.4 Å². The Labute approximate surface area is 170 Å². The van der Waals surface area contributed by atoms with Gasteiger partial charge in [-0.1, -0.05) is 36.4 Å². The summed E-state index contributed by atoms with van der Waals surface area (Å²) in [6.45, 7) is 5.13. The van der Waals surface area contributed by atoms with E-state index in [1.54, 1.807) is 6.92 Å². The molecule has 0 saturated carbocycles. The Balaban J connectivity index is 1.39. The minimum absolute atomic E-state index is 0.0984.